The number of nitrogens with zero attached hydrogens (tertiary/aromatic N) is 3. The summed E-state index contributed by atoms with van der Waals surface area (Å²) in [4.78, 5) is 18.6. The number of carbonyl (C=O) groups is 1. The zero-order valence-electron chi connectivity index (χ0n) is 14.1. The van der Waals surface area contributed by atoms with Crippen molar-refractivity contribution in [3.8, 4) is 0 Å². The van der Waals surface area contributed by atoms with E-state index in [0.29, 0.717) is 5.39 Å². The van der Waals surface area contributed by atoms with E-state index in [1.807, 2.05) is 20.8 Å². The Morgan fingerprint density at radius 3 is 2.67 bits per heavy atom. The highest BCUT2D eigenvalue weighted by molar-refractivity contribution is 5.95. The van der Waals surface area contributed by atoms with Crippen LogP contribution in [0.4, 0.5) is 4.39 Å². The van der Waals surface area contributed by atoms with Crippen molar-refractivity contribution in [2.75, 3.05) is 7.05 Å². The number of fused-ring (bicyclic) bond motifs is 1. The smallest absolute Gasteiger partial charge is 0.272 e. The second kappa shape index (κ2) is 6.03. The van der Waals surface area contributed by atoms with Crippen LogP contribution in [-0.2, 0) is 0 Å². The lowest BCUT2D eigenvalue weighted by atomic mass is 10.0. The Balaban J connectivity index is 1.95. The molecule has 1 aromatic carbocycles. The van der Waals surface area contributed by atoms with Crippen LogP contribution in [-0.4, -0.2) is 33.0 Å². The van der Waals surface area contributed by atoms with Crippen molar-refractivity contribution in [2.24, 2.45) is 0 Å². The number of aryl methyl sites for hydroxylation is 2. The van der Waals surface area contributed by atoms with Gasteiger partial charge in [-0.3, -0.25) is 9.89 Å². The van der Waals surface area contributed by atoms with E-state index >= 15 is 0 Å². The first kappa shape index (κ1) is 16.1. The van der Waals surface area contributed by atoms with Crippen LogP contribution in [0.15, 0.2) is 30.3 Å². The van der Waals surface area contributed by atoms with E-state index in [4.69, 9.17) is 0 Å². The van der Waals surface area contributed by atoms with E-state index in [9.17, 15) is 9.18 Å². The van der Waals surface area contributed by atoms with Gasteiger partial charge in [-0.05, 0) is 32.9 Å². The lowest BCUT2D eigenvalue weighted by molar-refractivity contribution is 0.0736. The summed E-state index contributed by atoms with van der Waals surface area (Å²) in [5.41, 5.74) is 3.20. The molecule has 124 valence electrons. The topological polar surface area (TPSA) is 61.9 Å². The van der Waals surface area contributed by atoms with Crippen molar-refractivity contribution in [3.63, 3.8) is 0 Å². The van der Waals surface area contributed by atoms with Gasteiger partial charge in [-0.15, -0.1) is 0 Å². The van der Waals surface area contributed by atoms with Crippen molar-refractivity contribution < 1.29 is 9.18 Å². The maximum atomic E-state index is 13.9. The van der Waals surface area contributed by atoms with Crippen LogP contribution in [0.5, 0.6) is 0 Å². The van der Waals surface area contributed by atoms with Gasteiger partial charge in [0.25, 0.3) is 5.91 Å². The molecule has 3 rings (SSSR count). The number of pyridine rings is 1. The average molecular weight is 326 g/mol. The van der Waals surface area contributed by atoms with Gasteiger partial charge in [0, 0.05) is 23.7 Å². The van der Waals surface area contributed by atoms with Crippen molar-refractivity contribution >= 4 is 16.8 Å². The normalized spacial score (nSPS) is 12.4. The fourth-order valence-corrected chi connectivity index (χ4v) is 2.96. The number of halogens is 1. The molecule has 0 bridgehead atoms. The monoisotopic (exact) mass is 326 g/mol. The first-order valence-corrected chi connectivity index (χ1v) is 7.74. The highest BCUT2D eigenvalue weighted by Crippen LogP contribution is 2.25. The minimum Gasteiger partial charge on any atom is -0.333 e. The summed E-state index contributed by atoms with van der Waals surface area (Å²) in [6, 6.07) is 7.90. The molecule has 0 aliphatic heterocycles. The molecule has 1 N–H and O–H groups in total. The van der Waals surface area contributed by atoms with Crippen molar-refractivity contribution in [1.29, 1.82) is 0 Å². The summed E-state index contributed by atoms with van der Waals surface area (Å²) in [6.07, 6.45) is 0. The molecule has 3 aromatic rings. The molecule has 0 unspecified atom stereocenters. The Morgan fingerprint density at radius 2 is 2.00 bits per heavy atom. The molecule has 6 heteroatoms. The van der Waals surface area contributed by atoms with Gasteiger partial charge >= 0.3 is 0 Å². The first-order chi connectivity index (χ1) is 11.4. The van der Waals surface area contributed by atoms with Crippen LogP contribution < -0.4 is 0 Å². The molecular formula is C18H19FN4O. The van der Waals surface area contributed by atoms with Crippen LogP contribution in [0.2, 0.25) is 0 Å². The Morgan fingerprint density at radius 1 is 1.25 bits per heavy atom. The van der Waals surface area contributed by atoms with E-state index < -0.39 is 5.82 Å². The fraction of sp³-hybridized carbons (Fsp3) is 0.278. The first-order valence-electron chi connectivity index (χ1n) is 7.74. The number of hydrogen-bond donors (Lipinski definition) is 1. The Bertz CT molecular complexity index is 899. The summed E-state index contributed by atoms with van der Waals surface area (Å²) < 4.78 is 13.9. The lowest BCUT2D eigenvalue weighted by Gasteiger charge is -2.25. The van der Waals surface area contributed by atoms with Crippen LogP contribution in [0.1, 0.15) is 40.4 Å². The molecule has 2 aromatic heterocycles. The second-order valence-corrected chi connectivity index (χ2v) is 5.95. The van der Waals surface area contributed by atoms with Gasteiger partial charge in [0.2, 0.25) is 0 Å². The third-order valence-electron chi connectivity index (χ3n) is 4.39. The molecule has 5 nitrogen and oxygen atoms in total. The van der Waals surface area contributed by atoms with Gasteiger partial charge in [-0.2, -0.15) is 5.10 Å². The molecule has 0 fully saturated rings. The SMILES string of the molecule is Cc1n[nH]c(C)c1[C@@H](C)N(C)C(=O)c1ccc2cccc(F)c2n1. The Kier molecular flexibility index (Phi) is 4.05. The number of rotatable bonds is 3. The molecule has 0 saturated carbocycles. The largest absolute Gasteiger partial charge is 0.333 e. The summed E-state index contributed by atoms with van der Waals surface area (Å²) in [5, 5.41) is 7.78. The standard InChI is InChI=1S/C18H19FN4O/c1-10-16(11(2)22-21-10)12(3)23(4)18(24)15-9-8-13-6-5-7-14(19)17(13)20-15/h5-9,12H,1-4H3,(H,21,22)/t12-/m1/s1. The summed E-state index contributed by atoms with van der Waals surface area (Å²) in [5.74, 6) is -0.688. The van der Waals surface area contributed by atoms with Crippen molar-refractivity contribution in [2.45, 2.75) is 26.8 Å². The predicted molar refractivity (Wildman–Crippen MR) is 90.3 cm³/mol. The molecule has 1 atom stereocenters. The van der Waals surface area contributed by atoms with Crippen molar-refractivity contribution in [3.05, 3.63) is 58.8 Å². The van der Waals surface area contributed by atoms with Gasteiger partial charge in [0.15, 0.2) is 0 Å². The third-order valence-corrected chi connectivity index (χ3v) is 4.39. The van der Waals surface area contributed by atoms with Gasteiger partial charge in [0.1, 0.15) is 17.0 Å². The molecule has 1 amide bonds. The molecule has 0 aliphatic rings. The maximum Gasteiger partial charge on any atom is 0.272 e. The molecule has 0 radical (unpaired) electrons. The summed E-state index contributed by atoms with van der Waals surface area (Å²) in [6.45, 7) is 5.76. The molecule has 0 aliphatic carbocycles. The second-order valence-electron chi connectivity index (χ2n) is 5.95. The predicted octanol–water partition coefficient (Wildman–Crippen LogP) is 3.55. The number of aromatic amines is 1. The van der Waals surface area contributed by atoms with E-state index in [1.54, 1.807) is 36.2 Å². The van der Waals surface area contributed by atoms with E-state index in [2.05, 4.69) is 15.2 Å². The number of H-pyrrole nitrogens is 1. The zero-order valence-corrected chi connectivity index (χ0v) is 14.1. The number of hydrogen-bond acceptors (Lipinski definition) is 3. The highest BCUT2D eigenvalue weighted by Gasteiger charge is 2.24. The van der Waals surface area contributed by atoms with E-state index in [1.165, 1.54) is 6.07 Å². The van der Waals surface area contributed by atoms with Crippen molar-refractivity contribution in [1.82, 2.24) is 20.1 Å². The van der Waals surface area contributed by atoms with E-state index in [-0.39, 0.29) is 23.2 Å². The molecule has 0 saturated heterocycles. The zero-order chi connectivity index (χ0) is 17.4. The van der Waals surface area contributed by atoms with Crippen LogP contribution in [0.3, 0.4) is 0 Å². The molecule has 24 heavy (non-hydrogen) atoms. The minimum atomic E-state index is -0.431. The van der Waals surface area contributed by atoms with E-state index in [0.717, 1.165) is 17.0 Å². The number of nitrogens with one attached hydrogen (secondary N) is 1. The van der Waals surface area contributed by atoms with Gasteiger partial charge in [-0.25, -0.2) is 9.37 Å². The summed E-state index contributed by atoms with van der Waals surface area (Å²) >= 11 is 0. The van der Waals surface area contributed by atoms with Crippen LogP contribution in [0, 0.1) is 19.7 Å². The van der Waals surface area contributed by atoms with Gasteiger partial charge < -0.3 is 4.90 Å². The number of para-hydroxylation sites is 1. The van der Waals surface area contributed by atoms with Crippen LogP contribution in [0.25, 0.3) is 10.9 Å². The number of amides is 1. The quantitative estimate of drug-likeness (QED) is 0.800. The Labute approximate surface area is 139 Å². The number of benzene rings is 1. The molecule has 0 spiro atoms. The minimum absolute atomic E-state index is 0.172. The molecular weight excluding hydrogens is 307 g/mol. The van der Waals surface area contributed by atoms with Gasteiger partial charge in [0.05, 0.1) is 11.7 Å². The Hall–Kier alpha value is -2.76. The van der Waals surface area contributed by atoms with Gasteiger partial charge in [-0.1, -0.05) is 18.2 Å². The summed E-state index contributed by atoms with van der Waals surface area (Å²) in [7, 11) is 1.71. The highest BCUT2D eigenvalue weighted by atomic mass is 19.1. The fourth-order valence-electron chi connectivity index (χ4n) is 2.96. The lowest BCUT2D eigenvalue weighted by Crippen LogP contribution is -2.30. The van der Waals surface area contributed by atoms with Crippen LogP contribution >= 0.6 is 0 Å². The third kappa shape index (κ3) is 2.64. The number of aromatic nitrogens is 3. The number of carbonyl (C=O) groups excluding carboxylic acids is 1. The maximum absolute atomic E-state index is 13.9. The average Bonchev–Trinajstić information content (AvgIpc) is 2.91. The molecule has 2 heterocycles.